The van der Waals surface area contributed by atoms with Gasteiger partial charge in [0.15, 0.2) is 5.43 Å². The Labute approximate surface area is 149 Å². The van der Waals surface area contributed by atoms with Crippen LogP contribution in [-0.4, -0.2) is 11.1 Å². The van der Waals surface area contributed by atoms with E-state index >= 15 is 0 Å². The third-order valence-corrected chi connectivity index (χ3v) is 4.06. The number of benzene rings is 2. The van der Waals surface area contributed by atoms with Crippen LogP contribution in [0.3, 0.4) is 0 Å². The van der Waals surface area contributed by atoms with Crippen molar-refractivity contribution < 1.29 is 18.7 Å². The van der Waals surface area contributed by atoms with E-state index < -0.39 is 5.97 Å². The molecule has 0 aliphatic carbocycles. The molecule has 26 heavy (non-hydrogen) atoms. The number of halogens is 1. The minimum absolute atomic E-state index is 0.0434. The van der Waals surface area contributed by atoms with Gasteiger partial charge in [-0.1, -0.05) is 31.6 Å². The Morgan fingerprint density at radius 3 is 2.54 bits per heavy atom. The number of fused-ring (bicyclic) bond motifs is 1. The van der Waals surface area contributed by atoms with E-state index in [0.29, 0.717) is 23.3 Å². The molecule has 0 bridgehead atoms. The predicted octanol–water partition coefficient (Wildman–Crippen LogP) is 4.75. The zero-order valence-corrected chi connectivity index (χ0v) is 14.2. The summed E-state index contributed by atoms with van der Waals surface area (Å²) in [6.45, 7) is 1.95. The molecular formula is C21H17FO4. The van der Waals surface area contributed by atoms with Crippen molar-refractivity contribution in [1.29, 1.82) is 0 Å². The van der Waals surface area contributed by atoms with E-state index in [-0.39, 0.29) is 22.2 Å². The van der Waals surface area contributed by atoms with Gasteiger partial charge in [0.2, 0.25) is 0 Å². The number of aromatic carboxylic acids is 1. The summed E-state index contributed by atoms with van der Waals surface area (Å²) < 4.78 is 18.9. The molecular weight excluding hydrogens is 335 g/mol. The molecule has 3 aromatic rings. The van der Waals surface area contributed by atoms with Crippen LogP contribution < -0.4 is 5.43 Å². The largest absolute Gasteiger partial charge is 0.478 e. The third-order valence-electron chi connectivity index (χ3n) is 4.06. The Balaban J connectivity index is 2.13. The highest BCUT2D eigenvalue weighted by atomic mass is 19.1. The van der Waals surface area contributed by atoms with Crippen LogP contribution in [0, 0.1) is 5.82 Å². The van der Waals surface area contributed by atoms with Crippen molar-refractivity contribution in [1.82, 2.24) is 0 Å². The van der Waals surface area contributed by atoms with Gasteiger partial charge in [-0.25, -0.2) is 9.18 Å². The van der Waals surface area contributed by atoms with E-state index in [1.165, 1.54) is 30.3 Å². The Kier molecular flexibility index (Phi) is 4.98. The fraction of sp³-hybridized carbons (Fsp3) is 0.143. The van der Waals surface area contributed by atoms with E-state index in [0.717, 1.165) is 12.0 Å². The fourth-order valence-corrected chi connectivity index (χ4v) is 2.75. The summed E-state index contributed by atoms with van der Waals surface area (Å²) in [4.78, 5) is 24.0. The number of hydrogen-bond donors (Lipinski definition) is 1. The number of rotatable bonds is 5. The quantitative estimate of drug-likeness (QED) is 0.719. The minimum atomic E-state index is -1.09. The van der Waals surface area contributed by atoms with Crippen LogP contribution in [0.25, 0.3) is 23.1 Å². The number of hydrogen-bond acceptors (Lipinski definition) is 3. The lowest BCUT2D eigenvalue weighted by atomic mass is 10.0. The van der Waals surface area contributed by atoms with Crippen LogP contribution in [0.5, 0.6) is 0 Å². The highest BCUT2D eigenvalue weighted by Crippen LogP contribution is 2.21. The molecule has 0 atom stereocenters. The molecule has 0 saturated carbocycles. The Morgan fingerprint density at radius 2 is 1.88 bits per heavy atom. The van der Waals surface area contributed by atoms with Gasteiger partial charge in [0, 0.05) is 5.56 Å². The number of carbonyl (C=O) groups is 1. The maximum Gasteiger partial charge on any atom is 0.335 e. The van der Waals surface area contributed by atoms with Gasteiger partial charge in [0.1, 0.15) is 17.2 Å². The number of carboxylic acids is 1. The van der Waals surface area contributed by atoms with Crippen molar-refractivity contribution in [2.45, 2.75) is 19.8 Å². The van der Waals surface area contributed by atoms with E-state index in [9.17, 15) is 14.0 Å². The molecule has 0 spiro atoms. The van der Waals surface area contributed by atoms with E-state index in [1.54, 1.807) is 24.3 Å². The lowest BCUT2D eigenvalue weighted by molar-refractivity contribution is 0.0697. The summed E-state index contributed by atoms with van der Waals surface area (Å²) >= 11 is 0. The first kappa shape index (κ1) is 17.6. The highest BCUT2D eigenvalue weighted by Gasteiger charge is 2.14. The Bertz CT molecular complexity index is 1050. The van der Waals surface area contributed by atoms with Crippen molar-refractivity contribution in [3.05, 3.63) is 81.0 Å². The summed E-state index contributed by atoms with van der Waals surface area (Å²) in [5, 5.41) is 9.38. The van der Waals surface area contributed by atoms with E-state index in [4.69, 9.17) is 9.52 Å². The smallest absolute Gasteiger partial charge is 0.335 e. The van der Waals surface area contributed by atoms with Gasteiger partial charge in [0.05, 0.1) is 10.9 Å². The van der Waals surface area contributed by atoms with Crippen LogP contribution >= 0.6 is 0 Å². The second kappa shape index (κ2) is 7.35. The summed E-state index contributed by atoms with van der Waals surface area (Å²) in [6.07, 6.45) is 4.68. The van der Waals surface area contributed by atoms with Gasteiger partial charge in [-0.3, -0.25) is 4.79 Å². The molecule has 0 amide bonds. The molecule has 0 radical (unpaired) electrons. The maximum atomic E-state index is 13.0. The summed E-state index contributed by atoms with van der Waals surface area (Å²) in [5.41, 5.74) is 1.43. The zero-order chi connectivity index (χ0) is 18.7. The molecule has 132 valence electrons. The molecule has 1 aromatic heterocycles. The normalized spacial score (nSPS) is 11.3. The molecule has 1 heterocycles. The first-order chi connectivity index (χ1) is 12.5. The summed E-state index contributed by atoms with van der Waals surface area (Å²) in [7, 11) is 0. The van der Waals surface area contributed by atoms with Crippen LogP contribution in [0.15, 0.2) is 51.7 Å². The van der Waals surface area contributed by atoms with E-state index in [2.05, 4.69) is 0 Å². The van der Waals surface area contributed by atoms with Crippen LogP contribution in [0.1, 0.15) is 40.6 Å². The molecule has 3 rings (SSSR count). The minimum Gasteiger partial charge on any atom is -0.478 e. The zero-order valence-electron chi connectivity index (χ0n) is 14.2. The summed E-state index contributed by atoms with van der Waals surface area (Å²) in [5.74, 6) is -0.985. The lowest BCUT2D eigenvalue weighted by Gasteiger charge is -2.07. The number of carboxylic acid groups (broad SMARTS) is 1. The van der Waals surface area contributed by atoms with Crippen molar-refractivity contribution in [3.63, 3.8) is 0 Å². The first-order valence-corrected chi connectivity index (χ1v) is 8.26. The molecule has 4 nitrogen and oxygen atoms in total. The molecule has 0 saturated heterocycles. The Morgan fingerprint density at radius 1 is 1.15 bits per heavy atom. The molecule has 5 heteroatoms. The highest BCUT2D eigenvalue weighted by molar-refractivity contribution is 5.93. The lowest BCUT2D eigenvalue weighted by Crippen LogP contribution is -2.12. The van der Waals surface area contributed by atoms with Gasteiger partial charge >= 0.3 is 5.97 Å². The van der Waals surface area contributed by atoms with Crippen LogP contribution in [-0.2, 0) is 6.42 Å². The average Bonchev–Trinajstić information content (AvgIpc) is 2.63. The molecule has 0 aliphatic rings. The molecule has 1 N–H and O–H groups in total. The molecule has 0 aliphatic heterocycles. The topological polar surface area (TPSA) is 67.5 Å². The maximum absolute atomic E-state index is 13.0. The monoisotopic (exact) mass is 352 g/mol. The van der Waals surface area contributed by atoms with Gasteiger partial charge in [0.25, 0.3) is 0 Å². The van der Waals surface area contributed by atoms with Crippen molar-refractivity contribution in [2.24, 2.45) is 0 Å². The third kappa shape index (κ3) is 3.57. The fourth-order valence-electron chi connectivity index (χ4n) is 2.75. The molecule has 0 unspecified atom stereocenters. The van der Waals surface area contributed by atoms with Gasteiger partial charge in [-0.15, -0.1) is 0 Å². The second-order valence-corrected chi connectivity index (χ2v) is 5.92. The predicted molar refractivity (Wildman–Crippen MR) is 98.8 cm³/mol. The van der Waals surface area contributed by atoms with Gasteiger partial charge < -0.3 is 9.52 Å². The molecule has 0 fully saturated rings. The van der Waals surface area contributed by atoms with Crippen molar-refractivity contribution in [3.8, 4) is 0 Å². The van der Waals surface area contributed by atoms with Crippen LogP contribution in [0.2, 0.25) is 0 Å². The first-order valence-electron chi connectivity index (χ1n) is 8.26. The van der Waals surface area contributed by atoms with Crippen molar-refractivity contribution in [2.75, 3.05) is 0 Å². The van der Waals surface area contributed by atoms with Crippen molar-refractivity contribution >= 4 is 29.1 Å². The standard InChI is InChI=1S/C21H17FO4/c1-2-3-16-18(10-6-13-4-8-15(22)9-5-13)26-19-11-7-14(21(24)25)12-17(19)20(16)23/h4-12H,2-3H2,1H3,(H,24,25)/b10-6+. The SMILES string of the molecule is CCCc1c(/C=C/c2ccc(F)cc2)oc2ccc(C(=O)O)cc2c1=O. The van der Waals surface area contributed by atoms with Gasteiger partial charge in [-0.05, 0) is 48.4 Å². The Hall–Kier alpha value is -3.21. The summed E-state index contributed by atoms with van der Waals surface area (Å²) in [6, 6.07) is 10.2. The van der Waals surface area contributed by atoms with Crippen LogP contribution in [0.4, 0.5) is 4.39 Å². The second-order valence-electron chi connectivity index (χ2n) is 5.92. The average molecular weight is 352 g/mol. The van der Waals surface area contributed by atoms with Gasteiger partial charge in [-0.2, -0.15) is 0 Å². The van der Waals surface area contributed by atoms with E-state index in [1.807, 2.05) is 6.92 Å². The molecule has 2 aromatic carbocycles.